The predicted octanol–water partition coefficient (Wildman–Crippen LogP) is 11.4. The van der Waals surface area contributed by atoms with Crippen molar-refractivity contribution in [3.8, 4) is 5.75 Å². The van der Waals surface area contributed by atoms with Gasteiger partial charge in [-0.3, -0.25) is 14.5 Å². The van der Waals surface area contributed by atoms with Crippen LogP contribution in [-0.2, 0) is 46.6 Å². The van der Waals surface area contributed by atoms with Crippen LogP contribution in [0.3, 0.4) is 0 Å². The van der Waals surface area contributed by atoms with Gasteiger partial charge in [-0.2, -0.15) is 0 Å². The van der Waals surface area contributed by atoms with E-state index in [0.717, 1.165) is 39.6 Å². The number of methoxy groups -OCH3 is 1. The summed E-state index contributed by atoms with van der Waals surface area (Å²) in [7, 11) is 1.57. The molecule has 11 nitrogen and oxygen atoms in total. The molecule has 8 aromatic rings. The maximum absolute atomic E-state index is 14.9. The standard InChI is InChI=1S/C59H48ClN5O6S2/c1-69-48-34-32-41(33-35-48)39-70-55(68)54-49(37-60)59(73-53-36-52(67)65(53)54,63-51(66)38-61-71-58(45-26-14-5-15-27-45,46-28-16-6-17-29-46)47-30-18-7-19-31-47)50-40-72-56(62-50)64-57(42-20-8-2-9-21-42,43-22-10-3-11-23-43)44-24-12-4-13-25-44/h2-35,38,40,53H,36-37,39H2,1H3,(H,62,64)(H,63,66)/b61-38-/t53-,59?/m1/s1. The van der Waals surface area contributed by atoms with Crippen molar-refractivity contribution in [3.05, 3.63) is 268 Å². The highest BCUT2D eigenvalue weighted by Crippen LogP contribution is 2.55. The van der Waals surface area contributed by atoms with E-state index in [4.69, 9.17) is 30.9 Å². The minimum Gasteiger partial charge on any atom is -0.497 e. The van der Waals surface area contributed by atoms with Gasteiger partial charge >= 0.3 is 5.97 Å². The van der Waals surface area contributed by atoms with Crippen molar-refractivity contribution < 1.29 is 28.7 Å². The molecule has 1 aromatic heterocycles. The quantitative estimate of drug-likeness (QED) is 0.0215. The fraction of sp³-hybridized carbons (Fsp3) is 0.136. The third-order valence-electron chi connectivity index (χ3n) is 13.0. The zero-order chi connectivity index (χ0) is 50.3. The second kappa shape index (κ2) is 21.4. The minimum absolute atomic E-state index is 0.0667. The number of rotatable bonds is 18. The molecule has 7 aromatic carbocycles. The van der Waals surface area contributed by atoms with Crippen molar-refractivity contribution in [2.45, 2.75) is 34.4 Å². The average Bonchev–Trinajstić information content (AvgIpc) is 3.93. The normalized spacial score (nSPS) is 16.5. The van der Waals surface area contributed by atoms with Gasteiger partial charge in [0.25, 0.3) is 5.91 Å². The van der Waals surface area contributed by atoms with Crippen molar-refractivity contribution in [2.75, 3.05) is 18.3 Å². The first-order chi connectivity index (χ1) is 35.8. The Hall–Kier alpha value is -7.97. The first-order valence-electron chi connectivity index (χ1n) is 23.5. The van der Waals surface area contributed by atoms with Crippen LogP contribution >= 0.6 is 34.7 Å². The van der Waals surface area contributed by atoms with Crippen molar-refractivity contribution in [1.82, 2.24) is 15.2 Å². The third-order valence-corrected chi connectivity index (χ3v) is 15.6. The van der Waals surface area contributed by atoms with Crippen LogP contribution in [-0.4, -0.2) is 52.2 Å². The lowest BCUT2D eigenvalue weighted by Crippen LogP contribution is -2.61. The molecule has 2 aliphatic heterocycles. The monoisotopic (exact) mass is 1020 g/mol. The summed E-state index contributed by atoms with van der Waals surface area (Å²) < 4.78 is 11.3. The van der Waals surface area contributed by atoms with E-state index < -0.39 is 33.3 Å². The summed E-state index contributed by atoms with van der Waals surface area (Å²) in [5, 5.41) is 13.3. The number of fused-ring (bicyclic) bond motifs is 1. The smallest absolute Gasteiger partial charge is 0.355 e. The zero-order valence-electron chi connectivity index (χ0n) is 39.5. The van der Waals surface area contributed by atoms with Gasteiger partial charge in [-0.1, -0.05) is 211 Å². The number of halogens is 1. The van der Waals surface area contributed by atoms with Gasteiger partial charge < -0.3 is 24.9 Å². The number of hydrogen-bond donors (Lipinski definition) is 2. The van der Waals surface area contributed by atoms with Crippen LogP contribution < -0.4 is 15.4 Å². The van der Waals surface area contributed by atoms with Crippen molar-refractivity contribution in [3.63, 3.8) is 0 Å². The number of esters is 1. The van der Waals surface area contributed by atoms with Gasteiger partial charge in [-0.25, -0.2) is 9.78 Å². The number of aromatic nitrogens is 1. The molecule has 1 unspecified atom stereocenters. The van der Waals surface area contributed by atoms with Gasteiger partial charge in [0, 0.05) is 33.5 Å². The highest BCUT2D eigenvalue weighted by molar-refractivity contribution is 8.01. The van der Waals surface area contributed by atoms with Gasteiger partial charge in [0.1, 0.15) is 29.8 Å². The Balaban J connectivity index is 1.08. The molecule has 0 radical (unpaired) electrons. The Labute approximate surface area is 436 Å². The Morgan fingerprint density at radius 2 is 1.21 bits per heavy atom. The summed E-state index contributed by atoms with van der Waals surface area (Å²) in [6, 6.07) is 66.6. The Morgan fingerprint density at radius 3 is 1.66 bits per heavy atom. The highest BCUT2D eigenvalue weighted by Gasteiger charge is 2.57. The number of anilines is 1. The molecular weight excluding hydrogens is 974 g/mol. The molecule has 14 heteroatoms. The van der Waals surface area contributed by atoms with Gasteiger partial charge in [-0.05, 0) is 34.4 Å². The number of nitrogens with zero attached hydrogens (tertiary/aromatic N) is 3. The minimum atomic E-state index is -1.64. The lowest BCUT2D eigenvalue weighted by atomic mass is 9.77. The molecule has 0 bridgehead atoms. The predicted molar refractivity (Wildman–Crippen MR) is 287 cm³/mol. The fourth-order valence-corrected chi connectivity index (χ4v) is 12.5. The van der Waals surface area contributed by atoms with Crippen LogP contribution in [0.4, 0.5) is 5.13 Å². The Morgan fingerprint density at radius 1 is 0.726 bits per heavy atom. The molecule has 2 amide bonds. The maximum Gasteiger partial charge on any atom is 0.355 e. The van der Waals surface area contributed by atoms with E-state index in [0.29, 0.717) is 22.1 Å². The third kappa shape index (κ3) is 9.38. The van der Waals surface area contributed by atoms with Crippen LogP contribution in [0.2, 0.25) is 0 Å². The van der Waals surface area contributed by atoms with E-state index in [1.54, 1.807) is 31.4 Å². The first-order valence-corrected chi connectivity index (χ1v) is 25.8. The SMILES string of the molecule is COc1ccc(COC(=O)C2=C(CCl)C(NC(=O)/C=N\OC(c3ccccc3)(c3ccccc3)c3ccccc3)(c3csc(NC(c4ccccc4)(c4ccccc4)c4ccccc4)n3)S[C@@H]3CC(=O)N23)cc1. The number of ether oxygens (including phenoxy) is 2. The fourth-order valence-electron chi connectivity index (χ4n) is 9.51. The highest BCUT2D eigenvalue weighted by atomic mass is 35.5. The second-order valence-electron chi connectivity index (χ2n) is 17.2. The van der Waals surface area contributed by atoms with E-state index in [1.807, 2.05) is 151 Å². The number of alkyl halides is 1. The largest absolute Gasteiger partial charge is 0.497 e. The molecule has 2 atom stereocenters. The van der Waals surface area contributed by atoms with Crippen LogP contribution in [0.25, 0.3) is 0 Å². The van der Waals surface area contributed by atoms with Crippen LogP contribution in [0.15, 0.2) is 228 Å². The van der Waals surface area contributed by atoms with Crippen LogP contribution in [0, 0.1) is 0 Å². The summed E-state index contributed by atoms with van der Waals surface area (Å²) >= 11 is 9.60. The van der Waals surface area contributed by atoms with Crippen LogP contribution in [0.1, 0.15) is 51.1 Å². The van der Waals surface area contributed by atoms with Gasteiger partial charge in [0.05, 0.1) is 24.6 Å². The van der Waals surface area contributed by atoms with Gasteiger partial charge in [0.2, 0.25) is 11.5 Å². The molecule has 0 aliphatic carbocycles. The molecule has 0 spiro atoms. The molecule has 2 aliphatic rings. The van der Waals surface area contributed by atoms with Crippen molar-refractivity contribution in [1.29, 1.82) is 0 Å². The molecule has 0 saturated carbocycles. The average molecular weight is 1020 g/mol. The van der Waals surface area contributed by atoms with Crippen LogP contribution in [0.5, 0.6) is 5.75 Å². The Bertz CT molecular complexity index is 3070. The summed E-state index contributed by atoms with van der Waals surface area (Å²) in [5.74, 6) is -1.41. The summed E-state index contributed by atoms with van der Waals surface area (Å²) in [5.41, 5.74) is 4.20. The Kier molecular flexibility index (Phi) is 14.3. The molecule has 1 fully saturated rings. The lowest BCUT2D eigenvalue weighted by Gasteiger charge is -2.51. The number of carbonyl (C=O) groups excluding carboxylic acids is 3. The molecular formula is C59H48ClN5O6S2. The van der Waals surface area contributed by atoms with Crippen molar-refractivity contribution in [2.24, 2.45) is 5.16 Å². The van der Waals surface area contributed by atoms with Gasteiger partial charge in [0.15, 0.2) is 10.0 Å². The number of benzene rings is 7. The number of thioether (sulfide) groups is 1. The maximum atomic E-state index is 14.9. The number of carbonyl (C=O) groups is 3. The lowest BCUT2D eigenvalue weighted by molar-refractivity contribution is -0.150. The summed E-state index contributed by atoms with van der Waals surface area (Å²) in [4.78, 5) is 54.8. The topological polar surface area (TPSA) is 131 Å². The number of oxime groups is 1. The number of β-lactam (4-membered cyclic amide) rings is 1. The molecule has 73 heavy (non-hydrogen) atoms. The second-order valence-corrected chi connectivity index (χ2v) is 19.7. The van der Waals surface area contributed by atoms with E-state index in [1.165, 1.54) is 28.0 Å². The molecule has 364 valence electrons. The van der Waals surface area contributed by atoms with E-state index in [9.17, 15) is 14.4 Å². The van der Waals surface area contributed by atoms with E-state index in [-0.39, 0.29) is 36.1 Å². The number of amides is 2. The number of nitrogens with one attached hydrogen (secondary N) is 2. The number of thiazole rings is 1. The van der Waals surface area contributed by atoms with E-state index >= 15 is 0 Å². The molecule has 1 saturated heterocycles. The van der Waals surface area contributed by atoms with E-state index in [2.05, 4.69) is 52.2 Å². The summed E-state index contributed by atoms with van der Waals surface area (Å²) in [6.07, 6.45) is 1.15. The first kappa shape index (κ1) is 48.6. The van der Waals surface area contributed by atoms with Crippen molar-refractivity contribution >= 4 is 63.8 Å². The molecule has 10 rings (SSSR count). The van der Waals surface area contributed by atoms with Gasteiger partial charge in [-0.15, -0.1) is 22.9 Å². The summed E-state index contributed by atoms with van der Waals surface area (Å²) in [6.45, 7) is -0.109. The number of hydrogen-bond acceptors (Lipinski definition) is 11. The zero-order valence-corrected chi connectivity index (χ0v) is 41.9. The molecule has 3 heterocycles. The molecule has 2 N–H and O–H groups in total.